The van der Waals surface area contributed by atoms with E-state index in [9.17, 15) is 0 Å². The minimum atomic E-state index is 0.335. The Bertz CT molecular complexity index is 557. The number of nitrogens with zero attached hydrogens (tertiary/aromatic N) is 1. The van der Waals surface area contributed by atoms with E-state index in [1.807, 2.05) is 30.3 Å². The van der Waals surface area contributed by atoms with E-state index in [-0.39, 0.29) is 0 Å². The molecular weight excluding hydrogens is 270 g/mol. The number of rotatable bonds is 6. The Kier molecular flexibility index (Phi) is 5.39. The summed E-state index contributed by atoms with van der Waals surface area (Å²) in [4.78, 5) is 4.03. The second-order valence-electron chi connectivity index (χ2n) is 4.84. The van der Waals surface area contributed by atoms with Crippen molar-refractivity contribution >= 4 is 17.4 Å². The lowest BCUT2D eigenvalue weighted by atomic mass is 9.99. The summed E-state index contributed by atoms with van der Waals surface area (Å²) in [7, 11) is 0. The summed E-state index contributed by atoms with van der Waals surface area (Å²) in [5, 5.41) is 4.33. The van der Waals surface area contributed by atoms with E-state index in [0.29, 0.717) is 11.9 Å². The number of nitrogens with one attached hydrogen (secondary N) is 1. The molecule has 1 heterocycles. The lowest BCUT2D eigenvalue weighted by Gasteiger charge is -2.19. The van der Waals surface area contributed by atoms with Gasteiger partial charge in [0.05, 0.1) is 0 Å². The summed E-state index contributed by atoms with van der Waals surface area (Å²) in [5.74, 6) is 0.565. The molecule has 1 aromatic carbocycles. The lowest BCUT2D eigenvalue weighted by Crippen LogP contribution is -2.33. The number of aromatic nitrogens is 1. The van der Waals surface area contributed by atoms with Crippen LogP contribution in [0.3, 0.4) is 0 Å². The van der Waals surface area contributed by atoms with Gasteiger partial charge in [-0.25, -0.2) is 4.98 Å². The molecule has 4 heteroatoms. The second kappa shape index (κ2) is 7.27. The molecule has 0 saturated heterocycles. The average Bonchev–Trinajstić information content (AvgIpc) is 2.42. The maximum Gasteiger partial charge on any atom is 0.123 e. The largest absolute Gasteiger partial charge is 0.384 e. The second-order valence-corrected chi connectivity index (χ2v) is 5.25. The van der Waals surface area contributed by atoms with Crippen LogP contribution in [-0.4, -0.2) is 17.6 Å². The molecule has 1 unspecified atom stereocenters. The predicted octanol–water partition coefficient (Wildman–Crippen LogP) is 3.08. The molecule has 20 heavy (non-hydrogen) atoms. The molecule has 0 bridgehead atoms. The Balaban J connectivity index is 2.09. The molecular formula is C16H20ClN3. The highest BCUT2D eigenvalue weighted by Gasteiger charge is 2.11. The molecule has 3 N–H and O–H groups in total. The standard InChI is InChI=1S/C16H20ClN3/c1-2-19-14(9-12-7-8-20-16(18)10-12)11-13-5-3-4-6-15(13)17/h3-8,10,14,19H,2,9,11H2,1H3,(H2,18,20). The number of anilines is 1. The van der Waals surface area contributed by atoms with Crippen LogP contribution in [0.2, 0.25) is 5.02 Å². The van der Waals surface area contributed by atoms with Gasteiger partial charge >= 0.3 is 0 Å². The van der Waals surface area contributed by atoms with E-state index in [0.717, 1.165) is 24.4 Å². The van der Waals surface area contributed by atoms with Crippen LogP contribution >= 0.6 is 11.6 Å². The fourth-order valence-electron chi connectivity index (χ4n) is 2.34. The fraction of sp³-hybridized carbons (Fsp3) is 0.312. The highest BCUT2D eigenvalue weighted by atomic mass is 35.5. The maximum atomic E-state index is 6.24. The Morgan fingerprint density at radius 1 is 1.25 bits per heavy atom. The number of hydrogen-bond donors (Lipinski definition) is 2. The summed E-state index contributed by atoms with van der Waals surface area (Å²) >= 11 is 6.24. The third-order valence-corrected chi connectivity index (χ3v) is 3.61. The van der Waals surface area contributed by atoms with Gasteiger partial charge in [-0.15, -0.1) is 0 Å². The summed E-state index contributed by atoms with van der Waals surface area (Å²) < 4.78 is 0. The molecule has 0 aliphatic rings. The first kappa shape index (κ1) is 14.8. The van der Waals surface area contributed by atoms with Gasteiger partial charge in [-0.1, -0.05) is 36.7 Å². The SMILES string of the molecule is CCNC(Cc1ccnc(N)c1)Cc1ccccc1Cl. The lowest BCUT2D eigenvalue weighted by molar-refractivity contribution is 0.521. The molecule has 106 valence electrons. The first-order chi connectivity index (χ1) is 9.69. The van der Waals surface area contributed by atoms with Gasteiger partial charge in [0.25, 0.3) is 0 Å². The molecule has 1 atom stereocenters. The van der Waals surface area contributed by atoms with Crippen LogP contribution in [0.1, 0.15) is 18.1 Å². The zero-order valence-electron chi connectivity index (χ0n) is 11.6. The van der Waals surface area contributed by atoms with Crippen LogP contribution in [0.25, 0.3) is 0 Å². The van der Waals surface area contributed by atoms with Crippen molar-refractivity contribution in [2.24, 2.45) is 0 Å². The number of likely N-dealkylation sites (N-methyl/N-ethyl adjacent to an activating group) is 1. The van der Waals surface area contributed by atoms with Crippen LogP contribution in [0, 0.1) is 0 Å². The van der Waals surface area contributed by atoms with Gasteiger partial charge in [0.15, 0.2) is 0 Å². The third-order valence-electron chi connectivity index (χ3n) is 3.24. The van der Waals surface area contributed by atoms with Gasteiger partial charge in [-0.2, -0.15) is 0 Å². The van der Waals surface area contributed by atoms with Gasteiger partial charge in [-0.05, 0) is 48.7 Å². The van der Waals surface area contributed by atoms with Gasteiger partial charge < -0.3 is 11.1 Å². The van der Waals surface area contributed by atoms with Gasteiger partial charge in [0.1, 0.15) is 5.82 Å². The van der Waals surface area contributed by atoms with Crippen molar-refractivity contribution in [3.05, 3.63) is 58.7 Å². The quantitative estimate of drug-likeness (QED) is 0.859. The van der Waals surface area contributed by atoms with Crippen LogP contribution in [0.5, 0.6) is 0 Å². The summed E-state index contributed by atoms with van der Waals surface area (Å²) in [6.07, 6.45) is 3.56. The normalized spacial score (nSPS) is 12.3. The topological polar surface area (TPSA) is 50.9 Å². The zero-order valence-corrected chi connectivity index (χ0v) is 12.4. The van der Waals surface area contributed by atoms with Crippen LogP contribution in [0.15, 0.2) is 42.6 Å². The van der Waals surface area contributed by atoms with Crippen molar-refractivity contribution in [3.63, 3.8) is 0 Å². The highest BCUT2D eigenvalue weighted by Crippen LogP contribution is 2.18. The third kappa shape index (κ3) is 4.22. The van der Waals surface area contributed by atoms with Crippen molar-refractivity contribution in [1.82, 2.24) is 10.3 Å². The minimum Gasteiger partial charge on any atom is -0.384 e. The number of nitrogen functional groups attached to an aromatic ring is 1. The molecule has 0 fully saturated rings. The first-order valence-electron chi connectivity index (χ1n) is 6.86. The summed E-state index contributed by atoms with van der Waals surface area (Å²) in [6, 6.07) is 12.3. The number of benzene rings is 1. The molecule has 0 radical (unpaired) electrons. The van der Waals surface area contributed by atoms with Crippen LogP contribution < -0.4 is 11.1 Å². The maximum absolute atomic E-state index is 6.24. The Hall–Kier alpha value is -1.58. The van der Waals surface area contributed by atoms with Crippen molar-refractivity contribution in [3.8, 4) is 0 Å². The van der Waals surface area contributed by atoms with Crippen molar-refractivity contribution in [1.29, 1.82) is 0 Å². The number of nitrogens with two attached hydrogens (primary N) is 1. The highest BCUT2D eigenvalue weighted by molar-refractivity contribution is 6.31. The molecule has 2 rings (SSSR count). The number of hydrogen-bond acceptors (Lipinski definition) is 3. The van der Waals surface area contributed by atoms with E-state index in [4.69, 9.17) is 17.3 Å². The Morgan fingerprint density at radius 3 is 2.75 bits per heavy atom. The minimum absolute atomic E-state index is 0.335. The van der Waals surface area contributed by atoms with E-state index in [2.05, 4.69) is 23.3 Å². The molecule has 0 aliphatic heterocycles. The van der Waals surface area contributed by atoms with E-state index < -0.39 is 0 Å². The Labute approximate surface area is 125 Å². The average molecular weight is 290 g/mol. The van der Waals surface area contributed by atoms with Crippen molar-refractivity contribution in [2.45, 2.75) is 25.8 Å². The molecule has 0 spiro atoms. The molecule has 3 nitrogen and oxygen atoms in total. The summed E-state index contributed by atoms with van der Waals surface area (Å²) in [5.41, 5.74) is 8.09. The van der Waals surface area contributed by atoms with Gasteiger partial charge in [-0.3, -0.25) is 0 Å². The number of halogens is 1. The first-order valence-corrected chi connectivity index (χ1v) is 7.24. The van der Waals surface area contributed by atoms with E-state index >= 15 is 0 Å². The molecule has 0 saturated carbocycles. The molecule has 2 aromatic rings. The van der Waals surface area contributed by atoms with Crippen LogP contribution in [-0.2, 0) is 12.8 Å². The molecule has 0 aliphatic carbocycles. The van der Waals surface area contributed by atoms with E-state index in [1.165, 1.54) is 11.1 Å². The fourth-order valence-corrected chi connectivity index (χ4v) is 2.55. The van der Waals surface area contributed by atoms with Gasteiger partial charge in [0.2, 0.25) is 0 Å². The number of pyridine rings is 1. The monoisotopic (exact) mass is 289 g/mol. The van der Waals surface area contributed by atoms with E-state index in [1.54, 1.807) is 6.20 Å². The molecule has 1 aromatic heterocycles. The van der Waals surface area contributed by atoms with Crippen LogP contribution in [0.4, 0.5) is 5.82 Å². The van der Waals surface area contributed by atoms with Crippen molar-refractivity contribution < 1.29 is 0 Å². The van der Waals surface area contributed by atoms with Crippen molar-refractivity contribution in [2.75, 3.05) is 12.3 Å². The Morgan fingerprint density at radius 2 is 2.05 bits per heavy atom. The zero-order chi connectivity index (χ0) is 14.4. The predicted molar refractivity (Wildman–Crippen MR) is 85.0 cm³/mol. The molecule has 0 amide bonds. The van der Waals surface area contributed by atoms with Gasteiger partial charge in [0, 0.05) is 17.3 Å². The smallest absolute Gasteiger partial charge is 0.123 e. The summed E-state index contributed by atoms with van der Waals surface area (Å²) in [6.45, 7) is 3.04.